The molecule has 3 aromatic rings. The molecule has 34 heavy (non-hydrogen) atoms. The molecular formula is C24H24BrClN4O4. The molecule has 8 nitrogen and oxygen atoms in total. The number of aryl methyl sites for hydroxylation is 1. The molecule has 0 bridgehead atoms. The molecule has 2 aromatic carbocycles. The third-order valence-electron chi connectivity index (χ3n) is 5.34. The minimum Gasteiger partial charge on any atom is -0.482 e. The Balaban J connectivity index is 1.53. The molecule has 1 fully saturated rings. The number of nitrogens with zero attached hydrogens (tertiary/aromatic N) is 4. The van der Waals surface area contributed by atoms with Crippen molar-refractivity contribution in [3.8, 4) is 5.75 Å². The van der Waals surface area contributed by atoms with Gasteiger partial charge in [-0.3, -0.25) is 9.59 Å². The summed E-state index contributed by atoms with van der Waals surface area (Å²) >= 11 is 9.78. The lowest BCUT2D eigenvalue weighted by Gasteiger charge is -2.26. The van der Waals surface area contributed by atoms with Crippen LogP contribution in [0.1, 0.15) is 24.7 Å². The van der Waals surface area contributed by atoms with Crippen LogP contribution in [0.25, 0.3) is 10.9 Å². The summed E-state index contributed by atoms with van der Waals surface area (Å²) in [6.45, 7) is 4.12. The summed E-state index contributed by atoms with van der Waals surface area (Å²) in [5, 5.41) is 5.24. The SMILES string of the molecule is CCCc1nc2ccc(Br)cc2c(=O)n1N=Cc1ccc(OCC(=O)N2CCOCC2)c(Cl)c1. The van der Waals surface area contributed by atoms with Crippen molar-refractivity contribution in [1.29, 1.82) is 0 Å². The highest BCUT2D eigenvalue weighted by Gasteiger charge is 2.17. The fourth-order valence-electron chi connectivity index (χ4n) is 3.58. The summed E-state index contributed by atoms with van der Waals surface area (Å²) in [4.78, 5) is 31.7. The average Bonchev–Trinajstić information content (AvgIpc) is 2.84. The quantitative estimate of drug-likeness (QED) is 0.419. The van der Waals surface area contributed by atoms with Gasteiger partial charge in [0.15, 0.2) is 6.61 Å². The second-order valence-electron chi connectivity index (χ2n) is 7.77. The van der Waals surface area contributed by atoms with Gasteiger partial charge in [0.05, 0.1) is 35.4 Å². The third-order valence-corrected chi connectivity index (χ3v) is 6.13. The molecule has 0 unspecified atom stereocenters. The molecule has 1 aliphatic rings. The smallest absolute Gasteiger partial charge is 0.282 e. The number of morpholine rings is 1. The van der Waals surface area contributed by atoms with Crippen molar-refractivity contribution in [3.05, 3.63) is 67.6 Å². The van der Waals surface area contributed by atoms with Gasteiger partial charge in [0, 0.05) is 24.0 Å². The van der Waals surface area contributed by atoms with Crippen molar-refractivity contribution in [1.82, 2.24) is 14.6 Å². The number of hydrogen-bond acceptors (Lipinski definition) is 6. The van der Waals surface area contributed by atoms with Crippen LogP contribution in [0.15, 0.2) is 50.8 Å². The van der Waals surface area contributed by atoms with E-state index >= 15 is 0 Å². The number of fused-ring (bicyclic) bond motifs is 1. The molecule has 1 amide bonds. The lowest BCUT2D eigenvalue weighted by atomic mass is 10.2. The largest absolute Gasteiger partial charge is 0.482 e. The second kappa shape index (κ2) is 11.1. The fourth-order valence-corrected chi connectivity index (χ4v) is 4.19. The van der Waals surface area contributed by atoms with Crippen LogP contribution in [0, 0.1) is 0 Å². The molecule has 1 saturated heterocycles. The molecule has 0 N–H and O–H groups in total. The number of carbonyl (C=O) groups is 1. The van der Waals surface area contributed by atoms with Gasteiger partial charge < -0.3 is 14.4 Å². The number of amides is 1. The van der Waals surface area contributed by atoms with Gasteiger partial charge in [-0.2, -0.15) is 9.78 Å². The van der Waals surface area contributed by atoms with Crippen LogP contribution in [0.4, 0.5) is 0 Å². The van der Waals surface area contributed by atoms with Gasteiger partial charge in [-0.25, -0.2) is 4.98 Å². The molecule has 1 aromatic heterocycles. The number of ether oxygens (including phenoxy) is 2. The number of hydrogen-bond donors (Lipinski definition) is 0. The maximum atomic E-state index is 13.1. The van der Waals surface area contributed by atoms with Crippen molar-refractivity contribution in [3.63, 3.8) is 0 Å². The zero-order chi connectivity index (χ0) is 24.1. The van der Waals surface area contributed by atoms with E-state index in [1.54, 1.807) is 35.4 Å². The van der Waals surface area contributed by atoms with E-state index in [-0.39, 0.29) is 18.1 Å². The lowest BCUT2D eigenvalue weighted by molar-refractivity contribution is -0.137. The monoisotopic (exact) mass is 546 g/mol. The van der Waals surface area contributed by atoms with Crippen LogP contribution in [-0.4, -0.2) is 59.6 Å². The Morgan fingerprint density at radius 1 is 1.26 bits per heavy atom. The van der Waals surface area contributed by atoms with Crippen LogP contribution < -0.4 is 10.3 Å². The zero-order valence-electron chi connectivity index (χ0n) is 18.7. The van der Waals surface area contributed by atoms with E-state index < -0.39 is 0 Å². The van der Waals surface area contributed by atoms with E-state index in [9.17, 15) is 9.59 Å². The Morgan fingerprint density at radius 2 is 2.06 bits per heavy atom. The first-order valence-electron chi connectivity index (χ1n) is 11.0. The molecule has 10 heteroatoms. The summed E-state index contributed by atoms with van der Waals surface area (Å²) in [6.07, 6.45) is 2.99. The summed E-state index contributed by atoms with van der Waals surface area (Å²) in [5.41, 5.74) is 1.08. The summed E-state index contributed by atoms with van der Waals surface area (Å²) in [6, 6.07) is 10.5. The number of aromatic nitrogens is 2. The number of carbonyl (C=O) groups excluding carboxylic acids is 1. The molecule has 1 aliphatic heterocycles. The van der Waals surface area contributed by atoms with E-state index in [4.69, 9.17) is 21.1 Å². The topological polar surface area (TPSA) is 86.0 Å². The third kappa shape index (κ3) is 5.65. The number of rotatable bonds is 7. The zero-order valence-corrected chi connectivity index (χ0v) is 21.0. The van der Waals surface area contributed by atoms with Crippen molar-refractivity contribution in [2.75, 3.05) is 32.9 Å². The Morgan fingerprint density at radius 3 is 2.79 bits per heavy atom. The minimum atomic E-state index is -0.237. The van der Waals surface area contributed by atoms with Crippen molar-refractivity contribution in [2.45, 2.75) is 19.8 Å². The van der Waals surface area contributed by atoms with Gasteiger partial charge >= 0.3 is 0 Å². The van der Waals surface area contributed by atoms with Gasteiger partial charge in [-0.1, -0.05) is 34.5 Å². The number of benzene rings is 2. The van der Waals surface area contributed by atoms with Crippen molar-refractivity contribution < 1.29 is 14.3 Å². The summed E-state index contributed by atoms with van der Waals surface area (Å²) in [5.74, 6) is 0.885. The van der Waals surface area contributed by atoms with Gasteiger partial charge in [0.25, 0.3) is 11.5 Å². The molecule has 0 spiro atoms. The van der Waals surface area contributed by atoms with Crippen LogP contribution in [0.5, 0.6) is 5.75 Å². The van der Waals surface area contributed by atoms with Gasteiger partial charge in [-0.05, 0) is 48.4 Å². The van der Waals surface area contributed by atoms with Crippen LogP contribution in [0.2, 0.25) is 5.02 Å². The predicted octanol–water partition coefficient (Wildman–Crippen LogP) is 3.88. The van der Waals surface area contributed by atoms with Gasteiger partial charge in [-0.15, -0.1) is 0 Å². The van der Waals surface area contributed by atoms with E-state index in [0.29, 0.717) is 65.8 Å². The Hall–Kier alpha value is -2.75. The number of halogens is 2. The Labute approximate surface area is 210 Å². The molecule has 2 heterocycles. The lowest BCUT2D eigenvalue weighted by Crippen LogP contribution is -2.43. The second-order valence-corrected chi connectivity index (χ2v) is 9.10. The van der Waals surface area contributed by atoms with Gasteiger partial charge in [0.1, 0.15) is 11.6 Å². The summed E-state index contributed by atoms with van der Waals surface area (Å²) < 4.78 is 13.0. The average molecular weight is 548 g/mol. The minimum absolute atomic E-state index is 0.0960. The van der Waals surface area contributed by atoms with Crippen molar-refractivity contribution >= 4 is 50.6 Å². The Kier molecular flexibility index (Phi) is 7.97. The highest BCUT2D eigenvalue weighted by atomic mass is 79.9. The van der Waals surface area contributed by atoms with Crippen LogP contribution >= 0.6 is 27.5 Å². The highest BCUT2D eigenvalue weighted by Crippen LogP contribution is 2.25. The molecule has 0 saturated carbocycles. The first kappa shape index (κ1) is 24.4. The maximum Gasteiger partial charge on any atom is 0.282 e. The summed E-state index contributed by atoms with van der Waals surface area (Å²) in [7, 11) is 0. The first-order chi connectivity index (χ1) is 16.5. The van der Waals surface area contributed by atoms with Gasteiger partial charge in [0.2, 0.25) is 0 Å². The Bertz CT molecular complexity index is 1290. The van der Waals surface area contributed by atoms with E-state index in [2.05, 4.69) is 26.0 Å². The van der Waals surface area contributed by atoms with Crippen molar-refractivity contribution in [2.24, 2.45) is 5.10 Å². The van der Waals surface area contributed by atoms with Crippen LogP contribution in [0.3, 0.4) is 0 Å². The van der Waals surface area contributed by atoms with Crippen LogP contribution in [-0.2, 0) is 16.0 Å². The van der Waals surface area contributed by atoms with E-state index in [1.165, 1.54) is 4.68 Å². The normalized spacial score (nSPS) is 14.1. The molecule has 0 radical (unpaired) electrons. The predicted molar refractivity (Wildman–Crippen MR) is 135 cm³/mol. The molecule has 0 atom stereocenters. The first-order valence-corrected chi connectivity index (χ1v) is 12.2. The molecule has 0 aliphatic carbocycles. The molecule has 4 rings (SSSR count). The van der Waals surface area contributed by atoms with E-state index in [1.807, 2.05) is 19.1 Å². The molecular weight excluding hydrogens is 524 g/mol. The molecule has 178 valence electrons. The van der Waals surface area contributed by atoms with E-state index in [0.717, 1.165) is 10.9 Å². The standard InChI is InChI=1S/C24H24BrClN4O4/c1-2-3-22-28-20-6-5-17(25)13-18(20)24(32)30(22)27-14-16-4-7-21(19(26)12-16)34-15-23(31)29-8-10-33-11-9-29/h4-7,12-14H,2-3,8-11,15H2,1H3. The highest BCUT2D eigenvalue weighted by molar-refractivity contribution is 9.10. The maximum absolute atomic E-state index is 13.1. The fraction of sp³-hybridized carbons (Fsp3) is 0.333.